The third kappa shape index (κ3) is 4.82. The van der Waals surface area contributed by atoms with E-state index in [-0.39, 0.29) is 16.6 Å². The van der Waals surface area contributed by atoms with Crippen molar-refractivity contribution in [3.63, 3.8) is 0 Å². The summed E-state index contributed by atoms with van der Waals surface area (Å²) in [5, 5.41) is 2.05. The molecule has 0 aliphatic carbocycles. The molecular formula is C23H35O2PSi. The van der Waals surface area contributed by atoms with Crippen LogP contribution in [0.1, 0.15) is 34.6 Å². The number of hydrogen-bond acceptors (Lipinski definition) is 2. The minimum atomic E-state index is -2.76. The second-order valence-corrected chi connectivity index (χ2v) is 17.1. The summed E-state index contributed by atoms with van der Waals surface area (Å²) in [5.41, 5.74) is 0.00654. The lowest BCUT2D eigenvalue weighted by Gasteiger charge is -2.38. The van der Waals surface area contributed by atoms with Gasteiger partial charge in [-0.25, -0.2) is 0 Å². The average molecular weight is 403 g/mol. The maximum Gasteiger partial charge on any atom is 0.191 e. The van der Waals surface area contributed by atoms with Gasteiger partial charge in [-0.3, -0.25) is 0 Å². The van der Waals surface area contributed by atoms with Crippen molar-refractivity contribution in [1.82, 2.24) is 0 Å². The first-order valence-corrected chi connectivity index (χ1v) is 14.5. The van der Waals surface area contributed by atoms with Crippen molar-refractivity contribution in [3.8, 4) is 0 Å². The van der Waals surface area contributed by atoms with Gasteiger partial charge in [0.05, 0.1) is 0 Å². The van der Waals surface area contributed by atoms with Gasteiger partial charge in [-0.15, -0.1) is 0 Å². The normalized spacial score (nSPS) is 15.4. The first-order valence-electron chi connectivity index (χ1n) is 9.85. The summed E-state index contributed by atoms with van der Waals surface area (Å²) in [7, 11) is -4.58. The molecule has 0 saturated carbocycles. The second-order valence-electron chi connectivity index (χ2n) is 9.12. The van der Waals surface area contributed by atoms with Crippen LogP contribution in [0.15, 0.2) is 60.7 Å². The molecule has 0 fully saturated rings. The Kier molecular flexibility index (Phi) is 6.94. The SMILES string of the molecule is C[C@H]([C@@H](C)CO[Si](C)(C)C(C)(C)C)P(=O)(c1ccccc1)c1ccccc1. The fourth-order valence-corrected chi connectivity index (χ4v) is 7.36. The molecule has 0 spiro atoms. The van der Waals surface area contributed by atoms with E-state index in [0.29, 0.717) is 6.61 Å². The van der Waals surface area contributed by atoms with E-state index in [1.165, 1.54) is 0 Å². The van der Waals surface area contributed by atoms with E-state index in [9.17, 15) is 4.57 Å². The Morgan fingerprint density at radius 3 is 1.67 bits per heavy atom. The average Bonchev–Trinajstić information content (AvgIpc) is 2.65. The van der Waals surface area contributed by atoms with Gasteiger partial charge in [-0.1, -0.05) is 95.3 Å². The Labute approximate surface area is 166 Å². The van der Waals surface area contributed by atoms with Crippen molar-refractivity contribution in [3.05, 3.63) is 60.7 Å². The summed E-state index contributed by atoms with van der Waals surface area (Å²) >= 11 is 0. The molecule has 0 unspecified atom stereocenters. The van der Waals surface area contributed by atoms with Gasteiger partial charge in [0.25, 0.3) is 0 Å². The summed E-state index contributed by atoms with van der Waals surface area (Å²) in [6.45, 7) is 16.3. The maximum atomic E-state index is 14.4. The topological polar surface area (TPSA) is 26.3 Å². The predicted octanol–water partition coefficient (Wildman–Crippen LogP) is 6.05. The molecule has 2 atom stereocenters. The standard InChI is InChI=1S/C23H35O2PSi/c1-19(18-25-27(6,7)23(3,4)5)20(2)26(24,21-14-10-8-11-15-21)22-16-12-9-13-17-22/h8-17,19-20H,18H2,1-7H3/t19-,20+/m0/s1. The smallest absolute Gasteiger partial charge is 0.191 e. The maximum absolute atomic E-state index is 14.4. The van der Waals surface area contributed by atoms with Crippen molar-refractivity contribution in [2.24, 2.45) is 5.92 Å². The zero-order chi connectivity index (χ0) is 20.3. The van der Waals surface area contributed by atoms with Crippen LogP contribution in [0, 0.1) is 5.92 Å². The third-order valence-corrected chi connectivity index (χ3v) is 14.5. The number of hydrogen-bond donors (Lipinski definition) is 0. The van der Waals surface area contributed by atoms with Crippen LogP contribution in [0.5, 0.6) is 0 Å². The zero-order valence-electron chi connectivity index (χ0n) is 17.9. The van der Waals surface area contributed by atoms with E-state index in [2.05, 4.69) is 47.7 Å². The second kappa shape index (κ2) is 8.47. The molecular weight excluding hydrogens is 367 g/mol. The molecule has 2 rings (SSSR count). The first kappa shape index (κ1) is 22.1. The van der Waals surface area contributed by atoms with Crippen molar-refractivity contribution in [1.29, 1.82) is 0 Å². The molecule has 2 aromatic carbocycles. The number of benzene rings is 2. The summed E-state index contributed by atoms with van der Waals surface area (Å²) in [6.07, 6.45) is 0. The van der Waals surface area contributed by atoms with Crippen molar-refractivity contribution >= 4 is 26.1 Å². The van der Waals surface area contributed by atoms with Crippen LogP contribution >= 0.6 is 7.14 Å². The van der Waals surface area contributed by atoms with Crippen LogP contribution in [0.4, 0.5) is 0 Å². The van der Waals surface area contributed by atoms with E-state index in [0.717, 1.165) is 10.6 Å². The Bertz CT molecular complexity index is 722. The predicted molar refractivity (Wildman–Crippen MR) is 122 cm³/mol. The minimum Gasteiger partial charge on any atom is -0.417 e. The molecule has 4 heteroatoms. The highest BCUT2D eigenvalue weighted by atomic mass is 31.2. The molecule has 2 nitrogen and oxygen atoms in total. The fraction of sp³-hybridized carbons (Fsp3) is 0.478. The van der Waals surface area contributed by atoms with Gasteiger partial charge in [0.1, 0.15) is 7.14 Å². The van der Waals surface area contributed by atoms with Crippen LogP contribution in [-0.2, 0) is 8.99 Å². The molecule has 0 heterocycles. The molecule has 27 heavy (non-hydrogen) atoms. The molecule has 0 N–H and O–H groups in total. The molecule has 148 valence electrons. The molecule has 2 aromatic rings. The summed E-state index contributed by atoms with van der Waals surface area (Å²) in [6, 6.07) is 19.9. The third-order valence-electron chi connectivity index (χ3n) is 6.19. The lowest BCUT2D eigenvalue weighted by atomic mass is 10.1. The van der Waals surface area contributed by atoms with Crippen LogP contribution in [0.25, 0.3) is 0 Å². The first-order chi connectivity index (χ1) is 12.5. The molecule has 0 bridgehead atoms. The number of rotatable bonds is 7. The highest BCUT2D eigenvalue weighted by Gasteiger charge is 2.40. The molecule has 0 radical (unpaired) electrons. The highest BCUT2D eigenvalue weighted by molar-refractivity contribution is 7.79. The Morgan fingerprint density at radius 1 is 0.889 bits per heavy atom. The van der Waals surface area contributed by atoms with Crippen LogP contribution in [0.2, 0.25) is 18.1 Å². The summed E-state index contributed by atoms with van der Waals surface area (Å²) in [5.74, 6) is 0.199. The Hall–Kier alpha value is -1.15. The van der Waals surface area contributed by atoms with Gasteiger partial charge in [0, 0.05) is 22.9 Å². The van der Waals surface area contributed by atoms with Gasteiger partial charge in [-0.2, -0.15) is 0 Å². The fourth-order valence-electron chi connectivity index (χ4n) is 2.97. The Morgan fingerprint density at radius 2 is 1.30 bits per heavy atom. The monoisotopic (exact) mass is 402 g/mol. The van der Waals surface area contributed by atoms with E-state index in [4.69, 9.17) is 4.43 Å². The van der Waals surface area contributed by atoms with Gasteiger partial charge < -0.3 is 8.99 Å². The molecule has 0 aliphatic heterocycles. The van der Waals surface area contributed by atoms with Crippen LogP contribution in [-0.4, -0.2) is 20.6 Å². The zero-order valence-corrected chi connectivity index (χ0v) is 19.8. The van der Waals surface area contributed by atoms with Gasteiger partial charge in [0.2, 0.25) is 0 Å². The highest BCUT2D eigenvalue weighted by Crippen LogP contribution is 2.51. The molecule has 0 saturated heterocycles. The largest absolute Gasteiger partial charge is 0.417 e. The molecule has 0 amide bonds. The lowest BCUT2D eigenvalue weighted by Crippen LogP contribution is -2.43. The van der Waals surface area contributed by atoms with E-state index in [1.54, 1.807) is 0 Å². The van der Waals surface area contributed by atoms with Crippen LogP contribution < -0.4 is 10.6 Å². The van der Waals surface area contributed by atoms with Gasteiger partial charge in [0.15, 0.2) is 8.32 Å². The lowest BCUT2D eigenvalue weighted by molar-refractivity contribution is 0.235. The van der Waals surface area contributed by atoms with E-state index in [1.807, 2.05) is 60.7 Å². The van der Waals surface area contributed by atoms with E-state index < -0.39 is 15.5 Å². The minimum absolute atomic E-state index is 0.00654. The molecule has 0 aromatic heterocycles. The van der Waals surface area contributed by atoms with Crippen LogP contribution in [0.3, 0.4) is 0 Å². The van der Waals surface area contributed by atoms with Gasteiger partial charge >= 0.3 is 0 Å². The quantitative estimate of drug-likeness (QED) is 0.416. The Balaban J connectivity index is 2.33. The summed E-state index contributed by atoms with van der Waals surface area (Å²) in [4.78, 5) is 0. The van der Waals surface area contributed by atoms with Crippen molar-refractivity contribution in [2.75, 3.05) is 6.61 Å². The van der Waals surface area contributed by atoms with Crippen molar-refractivity contribution in [2.45, 2.75) is 58.4 Å². The van der Waals surface area contributed by atoms with Gasteiger partial charge in [-0.05, 0) is 24.1 Å². The molecule has 0 aliphatic rings. The van der Waals surface area contributed by atoms with E-state index >= 15 is 0 Å². The van der Waals surface area contributed by atoms with Crippen molar-refractivity contribution < 1.29 is 8.99 Å². The summed E-state index contributed by atoms with van der Waals surface area (Å²) < 4.78 is 20.9.